The van der Waals surface area contributed by atoms with Gasteiger partial charge in [-0.05, 0) is 30.7 Å². The van der Waals surface area contributed by atoms with Crippen LogP contribution >= 0.6 is 0 Å². The van der Waals surface area contributed by atoms with Gasteiger partial charge in [-0.15, -0.1) is 0 Å². The molecule has 1 aromatic rings. The summed E-state index contributed by atoms with van der Waals surface area (Å²) in [6, 6.07) is 9.11. The minimum atomic E-state index is -1.25. The summed E-state index contributed by atoms with van der Waals surface area (Å²) in [6.45, 7) is 8.69. The van der Waals surface area contributed by atoms with E-state index < -0.39 is 9.04 Å². The fraction of sp³-hybridized carbons (Fsp3) is 0.385. The molecule has 0 saturated heterocycles. The molecule has 0 aliphatic carbocycles. The van der Waals surface area contributed by atoms with Crippen LogP contribution in [0.4, 0.5) is 0 Å². The smallest absolute Gasteiger partial charge is 0.260 e. The number of ether oxygens (including phenoxy) is 1. The fourth-order valence-electron chi connectivity index (χ4n) is 1.39. The molecule has 1 atom stereocenters. The summed E-state index contributed by atoms with van der Waals surface area (Å²) < 4.78 is 11.4. The molecule has 0 aromatic heterocycles. The van der Waals surface area contributed by atoms with E-state index in [1.807, 2.05) is 37.3 Å². The van der Waals surface area contributed by atoms with E-state index in [-0.39, 0.29) is 0 Å². The SMILES string of the molecule is C=Cc1cccc(O[SiH](CC)COCC)c1. The van der Waals surface area contributed by atoms with Crippen LogP contribution in [0.2, 0.25) is 6.04 Å². The van der Waals surface area contributed by atoms with Gasteiger partial charge < -0.3 is 9.16 Å². The van der Waals surface area contributed by atoms with Gasteiger partial charge in [0.05, 0.1) is 6.23 Å². The second-order valence-electron chi connectivity index (χ2n) is 3.58. The lowest BCUT2D eigenvalue weighted by Crippen LogP contribution is -2.27. The highest BCUT2D eigenvalue weighted by Crippen LogP contribution is 2.15. The van der Waals surface area contributed by atoms with Gasteiger partial charge >= 0.3 is 0 Å². The molecular weight excluding hydrogens is 216 g/mol. The Morgan fingerprint density at radius 3 is 2.81 bits per heavy atom. The van der Waals surface area contributed by atoms with Crippen molar-refractivity contribution >= 4 is 15.1 Å². The van der Waals surface area contributed by atoms with Crippen LogP contribution in [0, 0.1) is 0 Å². The number of hydrogen-bond acceptors (Lipinski definition) is 2. The Morgan fingerprint density at radius 2 is 2.19 bits per heavy atom. The van der Waals surface area contributed by atoms with Crippen LogP contribution < -0.4 is 4.43 Å². The van der Waals surface area contributed by atoms with E-state index in [1.54, 1.807) is 0 Å². The quantitative estimate of drug-likeness (QED) is 0.678. The summed E-state index contributed by atoms with van der Waals surface area (Å²) in [7, 11) is -1.25. The van der Waals surface area contributed by atoms with Crippen LogP contribution in [0.25, 0.3) is 6.08 Å². The van der Waals surface area contributed by atoms with Gasteiger partial charge in [0, 0.05) is 6.61 Å². The van der Waals surface area contributed by atoms with E-state index in [9.17, 15) is 0 Å². The third-order valence-electron chi connectivity index (χ3n) is 2.36. The Labute approximate surface area is 99.6 Å². The monoisotopic (exact) mass is 236 g/mol. The molecule has 16 heavy (non-hydrogen) atoms. The Kier molecular flexibility index (Phi) is 5.89. The zero-order chi connectivity index (χ0) is 11.8. The molecule has 0 fully saturated rings. The third-order valence-corrected chi connectivity index (χ3v) is 4.48. The van der Waals surface area contributed by atoms with Gasteiger partial charge in [0.1, 0.15) is 5.75 Å². The van der Waals surface area contributed by atoms with Crippen molar-refractivity contribution in [3.63, 3.8) is 0 Å². The first kappa shape index (κ1) is 13.0. The minimum Gasteiger partial charge on any atom is -0.544 e. The zero-order valence-corrected chi connectivity index (χ0v) is 11.3. The van der Waals surface area contributed by atoms with E-state index in [0.717, 1.165) is 30.2 Å². The maximum absolute atomic E-state index is 5.97. The van der Waals surface area contributed by atoms with Crippen LogP contribution in [0.15, 0.2) is 30.8 Å². The van der Waals surface area contributed by atoms with Crippen molar-refractivity contribution in [1.29, 1.82) is 0 Å². The molecule has 88 valence electrons. The second-order valence-corrected chi connectivity index (χ2v) is 6.21. The van der Waals surface area contributed by atoms with Crippen molar-refractivity contribution in [3.05, 3.63) is 36.4 Å². The maximum atomic E-state index is 5.97. The number of hydrogen-bond donors (Lipinski definition) is 0. The largest absolute Gasteiger partial charge is 0.544 e. The molecule has 0 amide bonds. The number of rotatable bonds is 7. The van der Waals surface area contributed by atoms with Crippen LogP contribution in [0.5, 0.6) is 5.75 Å². The average molecular weight is 236 g/mol. The lowest BCUT2D eigenvalue weighted by atomic mass is 10.2. The summed E-state index contributed by atoms with van der Waals surface area (Å²) in [5.41, 5.74) is 1.10. The van der Waals surface area contributed by atoms with E-state index in [1.165, 1.54) is 0 Å². The molecule has 3 heteroatoms. The van der Waals surface area contributed by atoms with Crippen molar-refractivity contribution in [2.45, 2.75) is 19.9 Å². The van der Waals surface area contributed by atoms with Gasteiger partial charge in [-0.25, -0.2) is 0 Å². The van der Waals surface area contributed by atoms with E-state index >= 15 is 0 Å². The molecule has 0 N–H and O–H groups in total. The Hall–Kier alpha value is -1.06. The van der Waals surface area contributed by atoms with Crippen molar-refractivity contribution in [3.8, 4) is 5.75 Å². The predicted octanol–water partition coefficient (Wildman–Crippen LogP) is 3.03. The van der Waals surface area contributed by atoms with Gasteiger partial charge in [-0.1, -0.05) is 31.7 Å². The third kappa shape index (κ3) is 4.21. The lowest BCUT2D eigenvalue weighted by Gasteiger charge is -2.16. The lowest BCUT2D eigenvalue weighted by molar-refractivity contribution is 0.183. The maximum Gasteiger partial charge on any atom is 0.260 e. The van der Waals surface area contributed by atoms with Crippen LogP contribution in [0.3, 0.4) is 0 Å². The molecule has 2 nitrogen and oxygen atoms in total. The molecule has 0 radical (unpaired) electrons. The first-order chi connectivity index (χ1) is 7.80. The molecule has 1 unspecified atom stereocenters. The molecule has 0 aliphatic heterocycles. The first-order valence-corrected chi connectivity index (χ1v) is 7.87. The first-order valence-electron chi connectivity index (χ1n) is 5.77. The van der Waals surface area contributed by atoms with E-state index in [0.29, 0.717) is 0 Å². The molecule has 0 bridgehead atoms. The van der Waals surface area contributed by atoms with Crippen molar-refractivity contribution in [2.24, 2.45) is 0 Å². The van der Waals surface area contributed by atoms with Gasteiger partial charge in [0.25, 0.3) is 9.04 Å². The Bertz CT molecular complexity index is 325. The van der Waals surface area contributed by atoms with Gasteiger partial charge in [-0.3, -0.25) is 0 Å². The van der Waals surface area contributed by atoms with E-state index in [2.05, 4.69) is 13.5 Å². The normalized spacial score (nSPS) is 12.1. The second kappa shape index (κ2) is 7.25. The van der Waals surface area contributed by atoms with Crippen molar-refractivity contribution < 1.29 is 9.16 Å². The molecule has 0 aliphatic rings. The topological polar surface area (TPSA) is 18.5 Å². The minimum absolute atomic E-state index is 0.763. The molecule has 0 saturated carbocycles. The fourth-order valence-corrected chi connectivity index (χ4v) is 2.89. The highest BCUT2D eigenvalue weighted by atomic mass is 28.3. The van der Waals surface area contributed by atoms with Gasteiger partial charge in [0.2, 0.25) is 0 Å². The van der Waals surface area contributed by atoms with Crippen LogP contribution in [0.1, 0.15) is 19.4 Å². The van der Waals surface area contributed by atoms with Crippen LogP contribution in [-0.4, -0.2) is 21.9 Å². The molecular formula is C13H20O2Si. The Balaban J connectivity index is 2.58. The highest BCUT2D eigenvalue weighted by Gasteiger charge is 2.11. The summed E-state index contributed by atoms with van der Waals surface area (Å²) >= 11 is 0. The molecule has 1 rings (SSSR count). The predicted molar refractivity (Wildman–Crippen MR) is 71.3 cm³/mol. The molecule has 1 aromatic carbocycles. The summed E-state index contributed by atoms with van der Waals surface area (Å²) in [5.74, 6) is 0.940. The van der Waals surface area contributed by atoms with Crippen molar-refractivity contribution in [1.82, 2.24) is 0 Å². The summed E-state index contributed by atoms with van der Waals surface area (Å²) in [5, 5.41) is 0. The van der Waals surface area contributed by atoms with Gasteiger partial charge in [0.15, 0.2) is 0 Å². The average Bonchev–Trinajstić information content (AvgIpc) is 2.34. The number of benzene rings is 1. The summed E-state index contributed by atoms with van der Waals surface area (Å²) in [6.07, 6.45) is 2.61. The van der Waals surface area contributed by atoms with E-state index in [4.69, 9.17) is 9.16 Å². The highest BCUT2D eigenvalue weighted by molar-refractivity contribution is 6.52. The standard InChI is InChI=1S/C13H20O2Si/c1-4-12-8-7-9-13(10-12)15-16(6-3)11-14-5-2/h4,7-10,16H,1,5-6,11H2,2-3H3. The summed E-state index contributed by atoms with van der Waals surface area (Å²) in [4.78, 5) is 0. The van der Waals surface area contributed by atoms with Crippen molar-refractivity contribution in [2.75, 3.05) is 12.8 Å². The molecule has 0 heterocycles. The zero-order valence-electron chi connectivity index (χ0n) is 10.1. The van der Waals surface area contributed by atoms with Gasteiger partial charge in [-0.2, -0.15) is 0 Å². The Morgan fingerprint density at radius 1 is 1.38 bits per heavy atom. The van der Waals surface area contributed by atoms with Crippen LogP contribution in [-0.2, 0) is 4.74 Å². The molecule has 0 spiro atoms.